The summed E-state index contributed by atoms with van der Waals surface area (Å²) in [6, 6.07) is 28.2. The number of benzene rings is 4. The zero-order valence-electron chi connectivity index (χ0n) is 19.1. The van der Waals surface area contributed by atoms with E-state index in [1.807, 2.05) is 24.3 Å². The maximum Gasteiger partial charge on any atom is 0.345 e. The van der Waals surface area contributed by atoms with Crippen LogP contribution >= 0.6 is 23.2 Å². The number of hydrogen-bond donors (Lipinski definition) is 0. The second kappa shape index (κ2) is 10.3. The van der Waals surface area contributed by atoms with Gasteiger partial charge in [-0.2, -0.15) is 0 Å². The summed E-state index contributed by atoms with van der Waals surface area (Å²) >= 11 is 12.2. The van der Waals surface area contributed by atoms with E-state index in [0.29, 0.717) is 32.7 Å². The van der Waals surface area contributed by atoms with Gasteiger partial charge in [0.05, 0.1) is 21.2 Å². The lowest BCUT2D eigenvalue weighted by molar-refractivity contribution is 0.0725. The number of carbonyl (C=O) groups excluding carboxylic acids is 2. The number of halogens is 2. The number of hydrogen-bond acceptors (Lipinski definition) is 4. The first-order chi connectivity index (χ1) is 16.8. The Kier molecular flexibility index (Phi) is 7.25. The van der Waals surface area contributed by atoms with E-state index in [0.717, 1.165) is 11.1 Å². The summed E-state index contributed by atoms with van der Waals surface area (Å²) in [6.45, 7) is 4.17. The number of ether oxygens (including phenoxy) is 2. The molecule has 4 aromatic rings. The molecule has 4 aromatic carbocycles. The molecule has 4 nitrogen and oxygen atoms in total. The highest BCUT2D eigenvalue weighted by atomic mass is 35.5. The van der Waals surface area contributed by atoms with Gasteiger partial charge >= 0.3 is 11.9 Å². The average molecular weight is 505 g/mol. The van der Waals surface area contributed by atoms with E-state index in [-0.39, 0.29) is 5.41 Å². The highest BCUT2D eigenvalue weighted by Gasteiger charge is 2.24. The van der Waals surface area contributed by atoms with Crippen LogP contribution < -0.4 is 9.47 Å². The fraction of sp³-hybridized carbons (Fsp3) is 0.103. The maximum absolute atomic E-state index is 12.4. The predicted molar refractivity (Wildman–Crippen MR) is 138 cm³/mol. The quantitative estimate of drug-likeness (QED) is 0.199. The smallest absolute Gasteiger partial charge is 0.345 e. The Morgan fingerprint density at radius 3 is 1.26 bits per heavy atom. The van der Waals surface area contributed by atoms with Crippen LogP contribution in [0.5, 0.6) is 11.5 Å². The Labute approximate surface area is 214 Å². The van der Waals surface area contributed by atoms with Gasteiger partial charge in [0.2, 0.25) is 0 Å². The molecule has 0 spiro atoms. The second-order valence-corrected chi connectivity index (χ2v) is 9.23. The van der Waals surface area contributed by atoms with Crippen LogP contribution in [0.2, 0.25) is 10.0 Å². The van der Waals surface area contributed by atoms with Crippen molar-refractivity contribution in [1.82, 2.24) is 0 Å². The summed E-state index contributed by atoms with van der Waals surface area (Å²) in [5, 5.41) is 0.687. The van der Waals surface area contributed by atoms with Gasteiger partial charge in [-0.15, -0.1) is 0 Å². The molecule has 0 bridgehead atoms. The van der Waals surface area contributed by atoms with Gasteiger partial charge in [0.25, 0.3) is 0 Å². The van der Waals surface area contributed by atoms with Crippen LogP contribution in [0, 0.1) is 0 Å². The predicted octanol–water partition coefficient (Wildman–Crippen LogP) is 7.76. The van der Waals surface area contributed by atoms with Crippen LogP contribution in [0.3, 0.4) is 0 Å². The fourth-order valence-corrected chi connectivity index (χ4v) is 4.05. The Morgan fingerprint density at radius 2 is 0.914 bits per heavy atom. The van der Waals surface area contributed by atoms with Crippen molar-refractivity contribution in [2.24, 2.45) is 0 Å². The van der Waals surface area contributed by atoms with Crippen molar-refractivity contribution >= 4 is 35.1 Å². The van der Waals surface area contributed by atoms with Crippen molar-refractivity contribution in [1.29, 1.82) is 0 Å². The molecule has 35 heavy (non-hydrogen) atoms. The topological polar surface area (TPSA) is 52.6 Å². The van der Waals surface area contributed by atoms with Gasteiger partial charge in [0.1, 0.15) is 11.5 Å². The van der Waals surface area contributed by atoms with Gasteiger partial charge in [-0.05, 0) is 59.7 Å². The Bertz CT molecular complexity index is 1260. The molecule has 0 aliphatic rings. The van der Waals surface area contributed by atoms with Crippen molar-refractivity contribution in [2.45, 2.75) is 19.3 Å². The summed E-state index contributed by atoms with van der Waals surface area (Å²) in [4.78, 5) is 24.8. The first kappa shape index (κ1) is 24.5. The number of esters is 2. The molecule has 0 fully saturated rings. The van der Waals surface area contributed by atoms with E-state index in [1.165, 1.54) is 0 Å². The summed E-state index contributed by atoms with van der Waals surface area (Å²) in [5.74, 6) is -0.165. The minimum absolute atomic E-state index is 0.314. The van der Waals surface area contributed by atoms with Gasteiger partial charge in [0, 0.05) is 5.41 Å². The molecule has 0 aromatic heterocycles. The third-order valence-corrected chi connectivity index (χ3v) is 6.42. The first-order valence-corrected chi connectivity index (χ1v) is 11.7. The van der Waals surface area contributed by atoms with E-state index < -0.39 is 11.9 Å². The van der Waals surface area contributed by atoms with Crippen LogP contribution in [0.4, 0.5) is 0 Å². The largest absolute Gasteiger partial charge is 0.423 e. The molecule has 0 unspecified atom stereocenters. The summed E-state index contributed by atoms with van der Waals surface area (Å²) in [7, 11) is 0. The van der Waals surface area contributed by atoms with Crippen molar-refractivity contribution in [2.75, 3.05) is 0 Å². The molecule has 0 atom stereocenters. The van der Waals surface area contributed by atoms with E-state index in [2.05, 4.69) is 13.8 Å². The average Bonchev–Trinajstić information content (AvgIpc) is 2.85. The zero-order valence-corrected chi connectivity index (χ0v) is 20.6. The molecule has 6 heteroatoms. The van der Waals surface area contributed by atoms with Crippen molar-refractivity contribution in [3.05, 3.63) is 129 Å². The van der Waals surface area contributed by atoms with Gasteiger partial charge in [-0.25, -0.2) is 9.59 Å². The van der Waals surface area contributed by atoms with Gasteiger partial charge in [-0.3, -0.25) is 0 Å². The third kappa shape index (κ3) is 5.56. The SMILES string of the molecule is CC(C)(c1ccc(OC(=O)c2ccccc2Cl)cc1)c1ccc(OC(=O)c2ccccc2Cl)cc1. The van der Waals surface area contributed by atoms with Crippen LogP contribution in [-0.4, -0.2) is 11.9 Å². The molecule has 0 saturated heterocycles. The lowest BCUT2D eigenvalue weighted by Gasteiger charge is -2.26. The highest BCUT2D eigenvalue weighted by molar-refractivity contribution is 6.34. The van der Waals surface area contributed by atoms with Crippen LogP contribution in [0.1, 0.15) is 45.7 Å². The minimum atomic E-state index is -0.510. The standard InChI is InChI=1S/C29H22Cl2O4/c1-29(2,19-11-15-21(16-12-19)34-27(32)23-7-3-5-9-25(23)30)20-13-17-22(18-14-20)35-28(33)24-8-4-6-10-26(24)31/h3-18H,1-2H3. The van der Waals surface area contributed by atoms with Crippen molar-refractivity contribution in [3.63, 3.8) is 0 Å². The monoisotopic (exact) mass is 504 g/mol. The van der Waals surface area contributed by atoms with Crippen molar-refractivity contribution < 1.29 is 19.1 Å². The molecule has 0 amide bonds. The third-order valence-electron chi connectivity index (χ3n) is 5.76. The number of carbonyl (C=O) groups is 2. The van der Waals surface area contributed by atoms with E-state index in [4.69, 9.17) is 32.7 Å². The van der Waals surface area contributed by atoms with Crippen LogP contribution in [0.15, 0.2) is 97.1 Å². The lowest BCUT2D eigenvalue weighted by atomic mass is 9.78. The Morgan fingerprint density at radius 1 is 0.571 bits per heavy atom. The summed E-state index contributed by atoms with van der Waals surface area (Å²) < 4.78 is 10.9. The molecular weight excluding hydrogens is 483 g/mol. The molecule has 0 aliphatic carbocycles. The van der Waals surface area contributed by atoms with Gasteiger partial charge in [-0.1, -0.05) is 85.6 Å². The summed E-state index contributed by atoms with van der Waals surface area (Å²) in [6.07, 6.45) is 0. The van der Waals surface area contributed by atoms with E-state index in [1.54, 1.807) is 72.8 Å². The molecule has 0 radical (unpaired) electrons. The molecule has 176 valence electrons. The number of rotatable bonds is 6. The second-order valence-electron chi connectivity index (χ2n) is 8.41. The first-order valence-electron chi connectivity index (χ1n) is 10.9. The molecular formula is C29H22Cl2O4. The molecule has 4 rings (SSSR count). The van der Waals surface area contributed by atoms with Crippen LogP contribution in [-0.2, 0) is 5.41 Å². The van der Waals surface area contributed by atoms with E-state index >= 15 is 0 Å². The Balaban J connectivity index is 1.45. The maximum atomic E-state index is 12.4. The minimum Gasteiger partial charge on any atom is -0.423 e. The molecule has 0 N–H and O–H groups in total. The normalized spacial score (nSPS) is 11.1. The Hall–Kier alpha value is -3.60. The van der Waals surface area contributed by atoms with Crippen LogP contribution in [0.25, 0.3) is 0 Å². The summed E-state index contributed by atoms with van der Waals surface area (Å²) in [5.41, 5.74) is 2.32. The molecule has 0 aliphatic heterocycles. The molecule has 0 saturated carbocycles. The zero-order chi connectivity index (χ0) is 25.0. The highest BCUT2D eigenvalue weighted by Crippen LogP contribution is 2.34. The lowest BCUT2D eigenvalue weighted by Crippen LogP contribution is -2.19. The van der Waals surface area contributed by atoms with E-state index in [9.17, 15) is 9.59 Å². The van der Waals surface area contributed by atoms with Gasteiger partial charge in [0.15, 0.2) is 0 Å². The fourth-order valence-electron chi connectivity index (χ4n) is 3.62. The van der Waals surface area contributed by atoms with Gasteiger partial charge < -0.3 is 9.47 Å². The van der Waals surface area contributed by atoms with Crippen molar-refractivity contribution in [3.8, 4) is 11.5 Å². The molecule has 0 heterocycles.